The molecule has 0 bridgehead atoms. The van der Waals surface area contributed by atoms with Crippen molar-refractivity contribution >= 4 is 11.6 Å². The Hall–Kier alpha value is -1.46. The lowest BCUT2D eigenvalue weighted by Gasteiger charge is -2.43. The first-order valence-electron chi connectivity index (χ1n) is 8.17. The molecule has 1 heterocycles. The van der Waals surface area contributed by atoms with Crippen LogP contribution >= 0.6 is 11.6 Å². The van der Waals surface area contributed by atoms with Gasteiger partial charge in [0, 0.05) is 5.02 Å². The minimum Gasteiger partial charge on any atom is -0.297 e. The quantitative estimate of drug-likeness (QED) is 0.861. The summed E-state index contributed by atoms with van der Waals surface area (Å²) in [7, 11) is 4.24. The summed E-state index contributed by atoms with van der Waals surface area (Å²) < 4.78 is 1.85. The fourth-order valence-electron chi connectivity index (χ4n) is 3.48. The highest BCUT2D eigenvalue weighted by Gasteiger charge is 2.42. The lowest BCUT2D eigenvalue weighted by Crippen LogP contribution is -2.46. The molecule has 2 aromatic rings. The SMILES string of the molecule is Cc1ccc(-n2nnnc2C2(N(C)C)CCC(C)CC2)cc1Cl. The molecule has 1 aromatic carbocycles. The number of tetrazole rings is 1. The Balaban J connectivity index is 2.06. The van der Waals surface area contributed by atoms with E-state index in [1.165, 1.54) is 12.8 Å². The maximum absolute atomic E-state index is 6.29. The summed E-state index contributed by atoms with van der Waals surface area (Å²) in [4.78, 5) is 2.27. The van der Waals surface area contributed by atoms with E-state index in [0.717, 1.165) is 40.9 Å². The van der Waals surface area contributed by atoms with Gasteiger partial charge in [0.25, 0.3) is 0 Å². The Morgan fingerprint density at radius 2 is 1.96 bits per heavy atom. The molecule has 0 amide bonds. The number of rotatable bonds is 3. The number of aryl methyl sites for hydroxylation is 1. The van der Waals surface area contributed by atoms with Gasteiger partial charge in [0.1, 0.15) is 0 Å². The van der Waals surface area contributed by atoms with E-state index in [1.807, 2.05) is 29.8 Å². The minimum absolute atomic E-state index is 0.118. The van der Waals surface area contributed by atoms with Crippen LogP contribution in [0.3, 0.4) is 0 Å². The van der Waals surface area contributed by atoms with E-state index in [4.69, 9.17) is 11.6 Å². The minimum atomic E-state index is -0.118. The highest BCUT2D eigenvalue weighted by Crippen LogP contribution is 2.42. The van der Waals surface area contributed by atoms with Gasteiger partial charge in [-0.05, 0) is 80.7 Å². The van der Waals surface area contributed by atoms with Crippen molar-refractivity contribution in [2.45, 2.75) is 45.1 Å². The zero-order chi connectivity index (χ0) is 16.6. The number of hydrogen-bond donors (Lipinski definition) is 0. The van der Waals surface area contributed by atoms with Gasteiger partial charge >= 0.3 is 0 Å². The van der Waals surface area contributed by atoms with Gasteiger partial charge in [0.05, 0.1) is 11.2 Å². The summed E-state index contributed by atoms with van der Waals surface area (Å²) in [5.74, 6) is 1.68. The average Bonchev–Trinajstić information content (AvgIpc) is 3.01. The second-order valence-corrected chi connectivity index (χ2v) is 7.36. The fourth-order valence-corrected chi connectivity index (χ4v) is 3.65. The van der Waals surface area contributed by atoms with Crippen LogP contribution < -0.4 is 0 Å². The van der Waals surface area contributed by atoms with Crippen molar-refractivity contribution < 1.29 is 0 Å². The Labute approximate surface area is 142 Å². The van der Waals surface area contributed by atoms with Gasteiger partial charge in [-0.1, -0.05) is 24.6 Å². The lowest BCUT2D eigenvalue weighted by atomic mass is 9.75. The van der Waals surface area contributed by atoms with Crippen LogP contribution in [-0.4, -0.2) is 39.2 Å². The van der Waals surface area contributed by atoms with Crippen LogP contribution in [0.5, 0.6) is 0 Å². The molecule has 1 aromatic heterocycles. The Bertz CT molecular complexity index is 686. The number of halogens is 1. The van der Waals surface area contributed by atoms with Crippen LogP contribution in [-0.2, 0) is 5.54 Å². The van der Waals surface area contributed by atoms with E-state index in [9.17, 15) is 0 Å². The molecular weight excluding hydrogens is 310 g/mol. The summed E-state index contributed by atoms with van der Waals surface area (Å²) in [5.41, 5.74) is 1.85. The molecule has 1 aliphatic carbocycles. The molecule has 6 heteroatoms. The molecule has 23 heavy (non-hydrogen) atoms. The normalized spacial score (nSPS) is 25.0. The van der Waals surface area contributed by atoms with Crippen molar-refractivity contribution in [3.63, 3.8) is 0 Å². The zero-order valence-electron chi connectivity index (χ0n) is 14.3. The van der Waals surface area contributed by atoms with E-state index < -0.39 is 0 Å². The Kier molecular flexibility index (Phi) is 4.43. The third-order valence-electron chi connectivity index (χ3n) is 5.24. The summed E-state index contributed by atoms with van der Waals surface area (Å²) in [6.45, 7) is 4.32. The highest BCUT2D eigenvalue weighted by atomic mass is 35.5. The summed E-state index contributed by atoms with van der Waals surface area (Å²) >= 11 is 6.29. The maximum atomic E-state index is 6.29. The lowest BCUT2D eigenvalue weighted by molar-refractivity contribution is 0.0698. The summed E-state index contributed by atoms with van der Waals surface area (Å²) in [6, 6.07) is 5.97. The first-order valence-corrected chi connectivity index (χ1v) is 8.54. The Morgan fingerprint density at radius 3 is 2.57 bits per heavy atom. The third-order valence-corrected chi connectivity index (χ3v) is 5.65. The van der Waals surface area contributed by atoms with Crippen molar-refractivity contribution in [3.8, 4) is 5.69 Å². The van der Waals surface area contributed by atoms with E-state index in [0.29, 0.717) is 0 Å². The van der Waals surface area contributed by atoms with Crippen molar-refractivity contribution in [3.05, 3.63) is 34.6 Å². The molecule has 1 saturated carbocycles. The zero-order valence-corrected chi connectivity index (χ0v) is 15.0. The van der Waals surface area contributed by atoms with Gasteiger partial charge in [0.15, 0.2) is 5.82 Å². The predicted octanol–water partition coefficient (Wildman–Crippen LogP) is 3.59. The average molecular weight is 334 g/mol. The molecule has 0 radical (unpaired) electrons. The van der Waals surface area contributed by atoms with Gasteiger partial charge < -0.3 is 0 Å². The Morgan fingerprint density at radius 1 is 1.26 bits per heavy atom. The van der Waals surface area contributed by atoms with Crippen molar-refractivity contribution in [2.75, 3.05) is 14.1 Å². The van der Waals surface area contributed by atoms with Crippen molar-refractivity contribution in [2.24, 2.45) is 5.92 Å². The molecular formula is C17H24ClN5. The molecule has 1 aliphatic rings. The molecule has 0 unspecified atom stereocenters. The first-order chi connectivity index (χ1) is 10.9. The number of hydrogen-bond acceptors (Lipinski definition) is 4. The second kappa shape index (κ2) is 6.21. The number of benzene rings is 1. The highest BCUT2D eigenvalue weighted by molar-refractivity contribution is 6.31. The van der Waals surface area contributed by atoms with E-state index in [2.05, 4.69) is 41.4 Å². The van der Waals surface area contributed by atoms with Gasteiger partial charge in [-0.25, -0.2) is 0 Å². The molecule has 0 N–H and O–H groups in total. The molecule has 0 aliphatic heterocycles. The number of nitrogens with zero attached hydrogens (tertiary/aromatic N) is 5. The number of aromatic nitrogens is 4. The molecule has 1 fully saturated rings. The molecule has 0 saturated heterocycles. The largest absolute Gasteiger partial charge is 0.297 e. The first kappa shape index (κ1) is 16.4. The molecule has 5 nitrogen and oxygen atoms in total. The topological polar surface area (TPSA) is 46.8 Å². The fraction of sp³-hybridized carbons (Fsp3) is 0.588. The van der Waals surface area contributed by atoms with Crippen molar-refractivity contribution in [1.29, 1.82) is 0 Å². The summed E-state index contributed by atoms with van der Waals surface area (Å²) in [6.07, 6.45) is 4.53. The molecule has 124 valence electrons. The predicted molar refractivity (Wildman–Crippen MR) is 91.9 cm³/mol. The maximum Gasteiger partial charge on any atom is 0.176 e. The second-order valence-electron chi connectivity index (χ2n) is 6.96. The van der Waals surface area contributed by atoms with Crippen LogP contribution in [0, 0.1) is 12.8 Å². The van der Waals surface area contributed by atoms with Crippen LogP contribution in [0.15, 0.2) is 18.2 Å². The van der Waals surface area contributed by atoms with E-state index >= 15 is 0 Å². The van der Waals surface area contributed by atoms with E-state index in [-0.39, 0.29) is 5.54 Å². The molecule has 3 rings (SSSR count). The van der Waals surface area contributed by atoms with Gasteiger partial charge in [-0.3, -0.25) is 4.90 Å². The molecule has 0 atom stereocenters. The van der Waals surface area contributed by atoms with Crippen LogP contribution in [0.2, 0.25) is 5.02 Å². The standard InChI is InChI=1S/C17H24ClN5/c1-12-7-9-17(10-8-12,22(3)4)16-19-20-21-23(16)14-6-5-13(2)15(18)11-14/h5-6,11-12H,7-10H2,1-4H3. The van der Waals surface area contributed by atoms with Gasteiger partial charge in [0.2, 0.25) is 0 Å². The van der Waals surface area contributed by atoms with Crippen LogP contribution in [0.4, 0.5) is 0 Å². The van der Waals surface area contributed by atoms with Crippen molar-refractivity contribution in [1.82, 2.24) is 25.1 Å². The summed E-state index contributed by atoms with van der Waals surface area (Å²) in [5, 5.41) is 13.4. The van der Waals surface area contributed by atoms with E-state index in [1.54, 1.807) is 0 Å². The van der Waals surface area contributed by atoms with Crippen LogP contribution in [0.1, 0.15) is 44.0 Å². The smallest absolute Gasteiger partial charge is 0.176 e. The monoisotopic (exact) mass is 333 g/mol. The van der Waals surface area contributed by atoms with Gasteiger partial charge in [-0.2, -0.15) is 4.68 Å². The van der Waals surface area contributed by atoms with Gasteiger partial charge in [-0.15, -0.1) is 5.10 Å². The molecule has 0 spiro atoms. The van der Waals surface area contributed by atoms with Crippen LogP contribution in [0.25, 0.3) is 5.69 Å². The third kappa shape index (κ3) is 2.88.